The Morgan fingerprint density at radius 3 is 2.83 bits per heavy atom. The molecule has 0 radical (unpaired) electrons. The molecule has 18 heavy (non-hydrogen) atoms. The topological polar surface area (TPSA) is 41.6 Å². The van der Waals surface area contributed by atoms with Crippen molar-refractivity contribution in [1.29, 1.82) is 0 Å². The van der Waals surface area contributed by atoms with Gasteiger partial charge in [-0.05, 0) is 36.2 Å². The molecule has 0 fully saturated rings. The van der Waals surface area contributed by atoms with Crippen LogP contribution in [0, 0.1) is 5.82 Å². The van der Waals surface area contributed by atoms with Gasteiger partial charge in [-0.25, -0.2) is 14.4 Å². The first-order valence-electron chi connectivity index (χ1n) is 5.87. The number of aryl methyl sites for hydroxylation is 1. The van der Waals surface area contributed by atoms with Crippen LogP contribution >= 0.6 is 0 Å². The largest absolute Gasteiger partial charge is 0.337 e. The number of pyridine rings is 1. The minimum atomic E-state index is -0.344. The van der Waals surface area contributed by atoms with E-state index in [4.69, 9.17) is 0 Å². The van der Waals surface area contributed by atoms with Gasteiger partial charge in [0.15, 0.2) is 5.82 Å². The molecule has 1 aromatic carbocycles. The number of aromatic amines is 1. The predicted molar refractivity (Wildman–Crippen MR) is 68.7 cm³/mol. The van der Waals surface area contributed by atoms with Gasteiger partial charge in [-0.3, -0.25) is 0 Å². The maximum Gasteiger partial charge on any atom is 0.157 e. The molecule has 0 saturated carbocycles. The van der Waals surface area contributed by atoms with Crippen LogP contribution in [0.1, 0.15) is 12.5 Å². The van der Waals surface area contributed by atoms with Crippen LogP contribution in [-0.2, 0) is 6.42 Å². The fourth-order valence-corrected chi connectivity index (χ4v) is 1.91. The average molecular weight is 241 g/mol. The molecule has 0 unspecified atom stereocenters. The highest BCUT2D eigenvalue weighted by atomic mass is 19.1. The smallest absolute Gasteiger partial charge is 0.157 e. The summed E-state index contributed by atoms with van der Waals surface area (Å²) in [5.74, 6) is 0.321. The Balaban J connectivity index is 2.10. The van der Waals surface area contributed by atoms with Crippen molar-refractivity contribution in [3.63, 3.8) is 0 Å². The quantitative estimate of drug-likeness (QED) is 0.747. The lowest BCUT2D eigenvalue weighted by Crippen LogP contribution is -1.85. The summed E-state index contributed by atoms with van der Waals surface area (Å²) in [5, 5.41) is 0. The lowest BCUT2D eigenvalue weighted by atomic mass is 10.1. The summed E-state index contributed by atoms with van der Waals surface area (Å²) in [6, 6.07) is 9.12. The van der Waals surface area contributed by atoms with Crippen molar-refractivity contribution in [2.45, 2.75) is 13.3 Å². The van der Waals surface area contributed by atoms with E-state index in [0.29, 0.717) is 11.5 Å². The second-order valence-corrected chi connectivity index (χ2v) is 4.15. The van der Waals surface area contributed by atoms with Gasteiger partial charge in [0.1, 0.15) is 11.5 Å². The van der Waals surface area contributed by atoms with Crippen molar-refractivity contribution in [3.8, 4) is 11.5 Å². The van der Waals surface area contributed by atoms with Crippen LogP contribution < -0.4 is 0 Å². The standard InChI is InChI=1S/C14H12FN3/c1-2-9-3-5-11-13(7-9)18-14(17-11)12-6-4-10(15)8-16-12/h3-8H,2H2,1H3,(H,17,18). The number of fused-ring (bicyclic) bond motifs is 1. The van der Waals surface area contributed by atoms with E-state index in [2.05, 4.69) is 34.0 Å². The summed E-state index contributed by atoms with van der Waals surface area (Å²) < 4.78 is 12.8. The first-order chi connectivity index (χ1) is 8.76. The molecular formula is C14H12FN3. The van der Waals surface area contributed by atoms with Gasteiger partial charge in [0.25, 0.3) is 0 Å². The summed E-state index contributed by atoms with van der Waals surface area (Å²) in [7, 11) is 0. The third-order valence-electron chi connectivity index (χ3n) is 2.92. The molecule has 3 rings (SSSR count). The molecule has 1 N–H and O–H groups in total. The Labute approximate surface area is 104 Å². The van der Waals surface area contributed by atoms with Gasteiger partial charge in [0.05, 0.1) is 17.2 Å². The zero-order valence-corrected chi connectivity index (χ0v) is 9.94. The van der Waals surface area contributed by atoms with Gasteiger partial charge < -0.3 is 4.98 Å². The van der Waals surface area contributed by atoms with E-state index in [1.165, 1.54) is 17.8 Å². The Morgan fingerprint density at radius 1 is 1.22 bits per heavy atom. The molecule has 0 atom stereocenters. The highest BCUT2D eigenvalue weighted by Crippen LogP contribution is 2.20. The monoisotopic (exact) mass is 241 g/mol. The fraction of sp³-hybridized carbons (Fsp3) is 0.143. The van der Waals surface area contributed by atoms with Crippen LogP contribution in [0.4, 0.5) is 4.39 Å². The number of aromatic nitrogens is 3. The number of hydrogen-bond acceptors (Lipinski definition) is 2. The summed E-state index contributed by atoms with van der Waals surface area (Å²) in [4.78, 5) is 11.7. The number of imidazole rings is 1. The second-order valence-electron chi connectivity index (χ2n) is 4.15. The van der Waals surface area contributed by atoms with E-state index in [1.807, 2.05) is 6.07 Å². The lowest BCUT2D eigenvalue weighted by Gasteiger charge is -1.94. The normalized spacial score (nSPS) is 11.0. The molecule has 0 amide bonds. The van der Waals surface area contributed by atoms with Gasteiger partial charge in [0.2, 0.25) is 0 Å². The number of benzene rings is 1. The number of halogens is 1. The Hall–Kier alpha value is -2.23. The summed E-state index contributed by atoms with van der Waals surface area (Å²) >= 11 is 0. The van der Waals surface area contributed by atoms with Crippen molar-refractivity contribution in [3.05, 3.63) is 47.9 Å². The van der Waals surface area contributed by atoms with Crippen LogP contribution in [0.2, 0.25) is 0 Å². The highest BCUT2D eigenvalue weighted by Gasteiger charge is 2.06. The van der Waals surface area contributed by atoms with Gasteiger partial charge in [-0.2, -0.15) is 0 Å². The van der Waals surface area contributed by atoms with Gasteiger partial charge in [-0.15, -0.1) is 0 Å². The summed E-state index contributed by atoms with van der Waals surface area (Å²) in [6.45, 7) is 2.11. The van der Waals surface area contributed by atoms with Gasteiger partial charge in [-0.1, -0.05) is 13.0 Å². The van der Waals surface area contributed by atoms with E-state index >= 15 is 0 Å². The average Bonchev–Trinajstić information content (AvgIpc) is 2.82. The van der Waals surface area contributed by atoms with Crippen molar-refractivity contribution in [2.24, 2.45) is 0 Å². The highest BCUT2D eigenvalue weighted by molar-refractivity contribution is 5.79. The molecule has 0 bridgehead atoms. The molecule has 0 spiro atoms. The summed E-state index contributed by atoms with van der Waals surface area (Å²) in [5.41, 5.74) is 3.78. The van der Waals surface area contributed by atoms with Crippen LogP contribution in [0.5, 0.6) is 0 Å². The van der Waals surface area contributed by atoms with E-state index in [-0.39, 0.29) is 5.82 Å². The third kappa shape index (κ3) is 1.86. The zero-order valence-electron chi connectivity index (χ0n) is 9.94. The minimum absolute atomic E-state index is 0.344. The van der Waals surface area contributed by atoms with Crippen molar-refractivity contribution in [1.82, 2.24) is 15.0 Å². The number of nitrogens with zero attached hydrogens (tertiary/aromatic N) is 2. The maximum absolute atomic E-state index is 12.8. The van der Waals surface area contributed by atoms with Gasteiger partial charge in [0, 0.05) is 0 Å². The molecule has 4 heteroatoms. The minimum Gasteiger partial charge on any atom is -0.337 e. The molecule has 0 aliphatic heterocycles. The Morgan fingerprint density at radius 2 is 2.11 bits per heavy atom. The molecule has 2 aromatic heterocycles. The SMILES string of the molecule is CCc1ccc2nc(-c3ccc(F)cn3)[nH]c2c1. The Bertz CT molecular complexity index is 686. The van der Waals surface area contributed by atoms with E-state index in [0.717, 1.165) is 17.5 Å². The number of rotatable bonds is 2. The predicted octanol–water partition coefficient (Wildman–Crippen LogP) is 3.33. The molecule has 0 saturated heterocycles. The number of H-pyrrole nitrogens is 1. The zero-order chi connectivity index (χ0) is 12.5. The van der Waals surface area contributed by atoms with Crippen LogP contribution in [0.15, 0.2) is 36.5 Å². The van der Waals surface area contributed by atoms with Crippen LogP contribution in [-0.4, -0.2) is 15.0 Å². The molecule has 3 nitrogen and oxygen atoms in total. The van der Waals surface area contributed by atoms with E-state index < -0.39 is 0 Å². The molecule has 2 heterocycles. The lowest BCUT2D eigenvalue weighted by molar-refractivity contribution is 0.621. The molecular weight excluding hydrogens is 229 g/mol. The molecule has 0 aliphatic rings. The number of hydrogen-bond donors (Lipinski definition) is 1. The fourth-order valence-electron chi connectivity index (χ4n) is 1.91. The maximum atomic E-state index is 12.8. The van der Waals surface area contributed by atoms with Crippen molar-refractivity contribution in [2.75, 3.05) is 0 Å². The van der Waals surface area contributed by atoms with E-state index in [1.54, 1.807) is 6.07 Å². The number of nitrogens with one attached hydrogen (secondary N) is 1. The van der Waals surface area contributed by atoms with Gasteiger partial charge >= 0.3 is 0 Å². The van der Waals surface area contributed by atoms with E-state index in [9.17, 15) is 4.39 Å². The van der Waals surface area contributed by atoms with Crippen LogP contribution in [0.3, 0.4) is 0 Å². The molecule has 3 aromatic rings. The second kappa shape index (κ2) is 4.22. The Kier molecular flexibility index (Phi) is 2.55. The third-order valence-corrected chi connectivity index (χ3v) is 2.92. The first-order valence-corrected chi connectivity index (χ1v) is 5.87. The molecule has 0 aliphatic carbocycles. The first kappa shape index (κ1) is 10.9. The molecule has 90 valence electrons. The van der Waals surface area contributed by atoms with Crippen molar-refractivity contribution >= 4 is 11.0 Å². The summed E-state index contributed by atoms with van der Waals surface area (Å²) in [6.07, 6.45) is 2.18. The van der Waals surface area contributed by atoms with Crippen molar-refractivity contribution < 1.29 is 4.39 Å². The van der Waals surface area contributed by atoms with Crippen LogP contribution in [0.25, 0.3) is 22.6 Å².